The molecule has 2 heterocycles. The molecule has 3 aromatic rings. The standard InChI is InChI=1S/C21H13Br2N3O3/c22-13-6-8-15(9-7-13)25-10-2-5-16(25)12-18-19(27)24-21(29)26(20(18)28)17-4-1-3-14(23)11-17/h1-12H,(H,24,27,29)/b18-12-. The smallest absolute Gasteiger partial charge is 0.317 e. The summed E-state index contributed by atoms with van der Waals surface area (Å²) in [7, 11) is 0. The summed E-state index contributed by atoms with van der Waals surface area (Å²) in [6, 6.07) is 17.2. The van der Waals surface area contributed by atoms with Crippen molar-refractivity contribution in [3.8, 4) is 5.69 Å². The summed E-state index contributed by atoms with van der Waals surface area (Å²) >= 11 is 6.73. The van der Waals surface area contributed by atoms with Gasteiger partial charge in [0.25, 0.3) is 11.8 Å². The molecule has 0 spiro atoms. The first-order valence-corrected chi connectivity index (χ1v) is 10.1. The maximum absolute atomic E-state index is 13.0. The molecule has 0 aliphatic carbocycles. The second kappa shape index (κ2) is 7.81. The number of carbonyl (C=O) groups is 3. The molecule has 2 aromatic carbocycles. The Morgan fingerprint density at radius 2 is 1.59 bits per heavy atom. The Hall–Kier alpha value is -2.97. The van der Waals surface area contributed by atoms with E-state index in [9.17, 15) is 14.4 Å². The molecule has 0 unspecified atom stereocenters. The minimum absolute atomic E-state index is 0.123. The van der Waals surface area contributed by atoms with Crippen LogP contribution in [0.5, 0.6) is 0 Å². The Morgan fingerprint density at radius 3 is 2.31 bits per heavy atom. The van der Waals surface area contributed by atoms with E-state index < -0.39 is 17.8 Å². The molecule has 0 saturated carbocycles. The van der Waals surface area contributed by atoms with Crippen molar-refractivity contribution in [1.29, 1.82) is 0 Å². The van der Waals surface area contributed by atoms with Crippen LogP contribution in [0.25, 0.3) is 11.8 Å². The van der Waals surface area contributed by atoms with E-state index >= 15 is 0 Å². The summed E-state index contributed by atoms with van der Waals surface area (Å²) in [4.78, 5) is 38.7. The van der Waals surface area contributed by atoms with Gasteiger partial charge in [-0.1, -0.05) is 37.9 Å². The van der Waals surface area contributed by atoms with Crippen LogP contribution in [-0.2, 0) is 9.59 Å². The van der Waals surface area contributed by atoms with Gasteiger partial charge in [0.2, 0.25) is 0 Å². The molecular formula is C21H13Br2N3O3. The van der Waals surface area contributed by atoms with Crippen LogP contribution in [0.4, 0.5) is 10.5 Å². The number of halogens is 2. The molecule has 1 saturated heterocycles. The molecule has 0 radical (unpaired) electrons. The molecule has 1 N–H and O–H groups in total. The van der Waals surface area contributed by atoms with E-state index in [1.54, 1.807) is 30.3 Å². The van der Waals surface area contributed by atoms with Gasteiger partial charge in [0.1, 0.15) is 5.57 Å². The third-order valence-corrected chi connectivity index (χ3v) is 5.37. The third kappa shape index (κ3) is 3.81. The zero-order valence-corrected chi connectivity index (χ0v) is 18.0. The van der Waals surface area contributed by atoms with E-state index in [1.807, 2.05) is 41.1 Å². The van der Waals surface area contributed by atoms with Crippen LogP contribution in [-0.4, -0.2) is 22.4 Å². The number of amides is 4. The van der Waals surface area contributed by atoms with E-state index in [-0.39, 0.29) is 5.57 Å². The van der Waals surface area contributed by atoms with Crippen molar-refractivity contribution in [1.82, 2.24) is 9.88 Å². The van der Waals surface area contributed by atoms with E-state index in [2.05, 4.69) is 37.2 Å². The summed E-state index contributed by atoms with van der Waals surface area (Å²) in [5.74, 6) is -1.41. The first-order valence-electron chi connectivity index (χ1n) is 8.54. The second-order valence-corrected chi connectivity index (χ2v) is 8.05. The normalized spacial score (nSPS) is 15.7. The van der Waals surface area contributed by atoms with Gasteiger partial charge in [0, 0.05) is 26.5 Å². The Bertz CT molecular complexity index is 1170. The van der Waals surface area contributed by atoms with Gasteiger partial charge in [-0.3, -0.25) is 14.9 Å². The first-order chi connectivity index (χ1) is 13.9. The fraction of sp³-hybridized carbons (Fsp3) is 0. The first kappa shape index (κ1) is 19.4. The minimum atomic E-state index is -0.779. The number of hydrogen-bond acceptors (Lipinski definition) is 3. The second-order valence-electron chi connectivity index (χ2n) is 6.22. The van der Waals surface area contributed by atoms with Crippen LogP contribution >= 0.6 is 31.9 Å². The molecule has 0 atom stereocenters. The van der Waals surface area contributed by atoms with Crippen molar-refractivity contribution >= 4 is 61.5 Å². The molecular weight excluding hydrogens is 502 g/mol. The van der Waals surface area contributed by atoms with Crippen LogP contribution in [0.15, 0.2) is 81.4 Å². The predicted molar refractivity (Wildman–Crippen MR) is 117 cm³/mol. The van der Waals surface area contributed by atoms with Gasteiger partial charge in [0.15, 0.2) is 0 Å². The van der Waals surface area contributed by atoms with Crippen molar-refractivity contribution in [3.63, 3.8) is 0 Å². The number of aromatic nitrogens is 1. The van der Waals surface area contributed by atoms with Crippen LogP contribution in [0, 0.1) is 0 Å². The van der Waals surface area contributed by atoms with E-state index in [4.69, 9.17) is 0 Å². The van der Waals surface area contributed by atoms with Gasteiger partial charge in [-0.2, -0.15) is 0 Å². The maximum Gasteiger partial charge on any atom is 0.335 e. The van der Waals surface area contributed by atoms with Gasteiger partial charge >= 0.3 is 6.03 Å². The topological polar surface area (TPSA) is 71.4 Å². The SMILES string of the molecule is O=C1NC(=O)N(c2cccc(Br)c2)C(=O)/C1=C\c1cccn1-c1ccc(Br)cc1. The van der Waals surface area contributed by atoms with Gasteiger partial charge in [-0.15, -0.1) is 0 Å². The number of nitrogens with one attached hydrogen (secondary N) is 1. The van der Waals surface area contributed by atoms with Crippen LogP contribution in [0.2, 0.25) is 0 Å². The molecule has 8 heteroatoms. The average Bonchev–Trinajstić information content (AvgIpc) is 3.14. The Kier molecular flexibility index (Phi) is 5.21. The summed E-state index contributed by atoms with van der Waals surface area (Å²) < 4.78 is 3.50. The quantitative estimate of drug-likeness (QED) is 0.408. The zero-order chi connectivity index (χ0) is 20.5. The van der Waals surface area contributed by atoms with Crippen LogP contribution in [0.3, 0.4) is 0 Å². The lowest BCUT2D eigenvalue weighted by molar-refractivity contribution is -0.122. The Balaban J connectivity index is 1.75. The van der Waals surface area contributed by atoms with Gasteiger partial charge in [-0.05, 0) is 60.7 Å². The molecule has 1 fully saturated rings. The van der Waals surface area contributed by atoms with Gasteiger partial charge in [0.05, 0.1) is 5.69 Å². The van der Waals surface area contributed by atoms with E-state index in [0.29, 0.717) is 15.9 Å². The highest BCUT2D eigenvalue weighted by Crippen LogP contribution is 2.25. The molecule has 4 rings (SSSR count). The Labute approximate surface area is 183 Å². The number of barbiturate groups is 1. The predicted octanol–water partition coefficient (Wildman–Crippen LogP) is 4.67. The maximum atomic E-state index is 13.0. The number of rotatable bonds is 3. The van der Waals surface area contributed by atoms with Gasteiger partial charge < -0.3 is 4.57 Å². The highest BCUT2D eigenvalue weighted by Gasteiger charge is 2.37. The molecule has 1 aliphatic heterocycles. The van der Waals surface area contributed by atoms with Crippen molar-refractivity contribution in [2.75, 3.05) is 4.90 Å². The molecule has 6 nitrogen and oxygen atoms in total. The summed E-state index contributed by atoms with van der Waals surface area (Å²) in [5.41, 5.74) is 1.74. The van der Waals surface area contributed by atoms with Crippen molar-refractivity contribution in [3.05, 3.63) is 87.1 Å². The summed E-state index contributed by atoms with van der Waals surface area (Å²) in [6.45, 7) is 0. The number of urea groups is 1. The van der Waals surface area contributed by atoms with E-state index in [0.717, 1.165) is 15.1 Å². The zero-order valence-electron chi connectivity index (χ0n) is 14.8. The van der Waals surface area contributed by atoms with Gasteiger partial charge in [-0.25, -0.2) is 9.69 Å². The Morgan fingerprint density at radius 1 is 0.828 bits per heavy atom. The molecule has 1 aromatic heterocycles. The highest BCUT2D eigenvalue weighted by molar-refractivity contribution is 9.10. The molecule has 0 bridgehead atoms. The number of benzene rings is 2. The fourth-order valence-corrected chi connectivity index (χ4v) is 3.66. The number of imide groups is 2. The number of hydrogen-bond donors (Lipinski definition) is 1. The third-order valence-electron chi connectivity index (χ3n) is 4.35. The fourth-order valence-electron chi connectivity index (χ4n) is 3.00. The number of anilines is 1. The van der Waals surface area contributed by atoms with Crippen LogP contribution < -0.4 is 10.2 Å². The molecule has 29 heavy (non-hydrogen) atoms. The summed E-state index contributed by atoms with van der Waals surface area (Å²) in [5, 5.41) is 2.24. The average molecular weight is 515 g/mol. The number of nitrogens with zero attached hydrogens (tertiary/aromatic N) is 2. The highest BCUT2D eigenvalue weighted by atomic mass is 79.9. The lowest BCUT2D eigenvalue weighted by Gasteiger charge is -2.26. The summed E-state index contributed by atoms with van der Waals surface area (Å²) in [6.07, 6.45) is 3.31. The molecule has 144 valence electrons. The minimum Gasteiger partial charge on any atom is -0.317 e. The number of carbonyl (C=O) groups excluding carboxylic acids is 3. The van der Waals surface area contributed by atoms with Crippen molar-refractivity contribution in [2.45, 2.75) is 0 Å². The largest absolute Gasteiger partial charge is 0.335 e. The van der Waals surface area contributed by atoms with Crippen molar-refractivity contribution in [2.24, 2.45) is 0 Å². The lowest BCUT2D eigenvalue weighted by atomic mass is 10.1. The van der Waals surface area contributed by atoms with E-state index in [1.165, 1.54) is 6.08 Å². The lowest BCUT2D eigenvalue weighted by Crippen LogP contribution is -2.54. The van der Waals surface area contributed by atoms with Crippen LogP contribution in [0.1, 0.15) is 5.69 Å². The molecule has 4 amide bonds. The molecule has 1 aliphatic rings. The monoisotopic (exact) mass is 513 g/mol. The van der Waals surface area contributed by atoms with Crippen molar-refractivity contribution < 1.29 is 14.4 Å².